The first kappa shape index (κ1) is 14.0. The molecule has 1 aromatic carbocycles. The van der Waals surface area contributed by atoms with Gasteiger partial charge in [0.1, 0.15) is 0 Å². The van der Waals surface area contributed by atoms with Crippen LogP contribution in [0.3, 0.4) is 0 Å². The van der Waals surface area contributed by atoms with Crippen LogP contribution in [0, 0.1) is 12.8 Å². The number of tetrazole rings is 1. The Bertz CT molecular complexity index is 619. The minimum atomic E-state index is 0.412. The fourth-order valence-corrected chi connectivity index (χ4v) is 3.35. The second-order valence-electron chi connectivity index (χ2n) is 6.12. The second-order valence-corrected chi connectivity index (χ2v) is 6.12. The van der Waals surface area contributed by atoms with Gasteiger partial charge in [-0.25, -0.2) is 4.68 Å². The third kappa shape index (κ3) is 2.77. The zero-order valence-electron chi connectivity index (χ0n) is 12.8. The Hall–Kier alpha value is -1.91. The largest absolute Gasteiger partial charge is 0.399 e. The summed E-state index contributed by atoms with van der Waals surface area (Å²) >= 11 is 0. The summed E-state index contributed by atoms with van der Waals surface area (Å²) in [5, 5.41) is 12.4. The molecule has 2 aromatic rings. The number of aromatic nitrogens is 4. The van der Waals surface area contributed by atoms with Gasteiger partial charge >= 0.3 is 0 Å². The van der Waals surface area contributed by atoms with Crippen LogP contribution in [0.25, 0.3) is 11.4 Å². The van der Waals surface area contributed by atoms with Gasteiger partial charge in [0, 0.05) is 11.3 Å². The molecule has 0 radical (unpaired) electrons. The van der Waals surface area contributed by atoms with Gasteiger partial charge in [0.2, 0.25) is 0 Å². The minimum Gasteiger partial charge on any atom is -0.399 e. The highest BCUT2D eigenvalue weighted by Crippen LogP contribution is 2.36. The van der Waals surface area contributed by atoms with E-state index in [1.54, 1.807) is 0 Å². The van der Waals surface area contributed by atoms with E-state index in [-0.39, 0.29) is 0 Å². The van der Waals surface area contributed by atoms with Crippen LogP contribution in [-0.4, -0.2) is 20.2 Å². The normalized spacial score (nSPS) is 22.4. The van der Waals surface area contributed by atoms with E-state index in [1.807, 2.05) is 22.9 Å². The van der Waals surface area contributed by atoms with Gasteiger partial charge in [0.15, 0.2) is 5.82 Å². The molecule has 0 amide bonds. The highest BCUT2D eigenvalue weighted by molar-refractivity contribution is 5.65. The molecule has 112 valence electrons. The summed E-state index contributed by atoms with van der Waals surface area (Å²) in [5.41, 5.74) is 8.87. The maximum absolute atomic E-state index is 5.93. The SMILES string of the molecule is CCC1CCCC(n2nnnc2-c2cc(N)ccc2C)C1. The summed E-state index contributed by atoms with van der Waals surface area (Å²) in [4.78, 5) is 0. The Balaban J connectivity index is 1.95. The summed E-state index contributed by atoms with van der Waals surface area (Å²) < 4.78 is 2.02. The lowest BCUT2D eigenvalue weighted by molar-refractivity contribution is 0.246. The molecular formula is C16H23N5. The van der Waals surface area contributed by atoms with E-state index in [9.17, 15) is 0 Å². The first-order valence-electron chi connectivity index (χ1n) is 7.83. The van der Waals surface area contributed by atoms with Crippen LogP contribution in [0.5, 0.6) is 0 Å². The lowest BCUT2D eigenvalue weighted by Gasteiger charge is -2.28. The predicted molar refractivity (Wildman–Crippen MR) is 83.7 cm³/mol. The van der Waals surface area contributed by atoms with Crippen LogP contribution in [0.4, 0.5) is 5.69 Å². The third-order valence-electron chi connectivity index (χ3n) is 4.67. The van der Waals surface area contributed by atoms with Crippen molar-refractivity contribution in [2.45, 2.75) is 52.0 Å². The van der Waals surface area contributed by atoms with E-state index >= 15 is 0 Å². The maximum Gasteiger partial charge on any atom is 0.182 e. The van der Waals surface area contributed by atoms with Gasteiger partial charge in [0.25, 0.3) is 0 Å². The van der Waals surface area contributed by atoms with E-state index < -0.39 is 0 Å². The van der Waals surface area contributed by atoms with Crippen LogP contribution in [0.15, 0.2) is 18.2 Å². The van der Waals surface area contributed by atoms with Crippen molar-refractivity contribution in [2.75, 3.05) is 5.73 Å². The van der Waals surface area contributed by atoms with Crippen LogP contribution in [0.1, 0.15) is 50.6 Å². The summed E-state index contributed by atoms with van der Waals surface area (Å²) in [6.07, 6.45) is 6.18. The number of hydrogen-bond donors (Lipinski definition) is 1. The van der Waals surface area contributed by atoms with Crippen molar-refractivity contribution in [3.8, 4) is 11.4 Å². The monoisotopic (exact) mass is 285 g/mol. The standard InChI is InChI=1S/C16H23N5/c1-3-12-5-4-6-14(9-12)21-16(18-19-20-21)15-10-13(17)8-7-11(15)2/h7-8,10,12,14H,3-6,9,17H2,1-2H3. The smallest absolute Gasteiger partial charge is 0.182 e. The number of nitrogen functional groups attached to an aromatic ring is 1. The van der Waals surface area contributed by atoms with Crippen LogP contribution in [-0.2, 0) is 0 Å². The van der Waals surface area contributed by atoms with Gasteiger partial charge in [0.05, 0.1) is 6.04 Å². The molecule has 21 heavy (non-hydrogen) atoms. The van der Waals surface area contributed by atoms with Gasteiger partial charge in [-0.2, -0.15) is 0 Å². The Morgan fingerprint density at radius 2 is 2.19 bits per heavy atom. The molecule has 2 atom stereocenters. The van der Waals surface area contributed by atoms with Crippen LogP contribution in [0.2, 0.25) is 0 Å². The van der Waals surface area contributed by atoms with Crippen LogP contribution >= 0.6 is 0 Å². The fourth-order valence-electron chi connectivity index (χ4n) is 3.35. The van der Waals surface area contributed by atoms with E-state index in [0.717, 1.165) is 35.0 Å². The first-order valence-corrected chi connectivity index (χ1v) is 7.83. The van der Waals surface area contributed by atoms with Crippen molar-refractivity contribution < 1.29 is 0 Å². The number of benzene rings is 1. The molecule has 1 saturated carbocycles. The molecular weight excluding hydrogens is 262 g/mol. The molecule has 0 spiro atoms. The Morgan fingerprint density at radius 3 is 3.00 bits per heavy atom. The van der Waals surface area contributed by atoms with Crippen molar-refractivity contribution in [3.05, 3.63) is 23.8 Å². The van der Waals surface area contributed by atoms with Gasteiger partial charge in [-0.1, -0.05) is 32.3 Å². The molecule has 0 aliphatic heterocycles. The average Bonchev–Trinajstić information content (AvgIpc) is 2.99. The number of aryl methyl sites for hydroxylation is 1. The maximum atomic E-state index is 5.93. The van der Waals surface area contributed by atoms with Gasteiger partial charge in [-0.3, -0.25) is 0 Å². The predicted octanol–water partition coefficient (Wildman–Crippen LogP) is 3.37. The molecule has 2 unspecified atom stereocenters. The molecule has 2 N–H and O–H groups in total. The van der Waals surface area contributed by atoms with Crippen LogP contribution < -0.4 is 5.73 Å². The highest BCUT2D eigenvalue weighted by atomic mass is 15.5. The fraction of sp³-hybridized carbons (Fsp3) is 0.562. The molecule has 1 fully saturated rings. The molecule has 1 aliphatic rings. The first-order chi connectivity index (χ1) is 10.2. The van der Waals surface area contributed by atoms with Gasteiger partial charge in [-0.15, -0.1) is 5.10 Å². The number of anilines is 1. The molecule has 0 bridgehead atoms. The number of hydrogen-bond acceptors (Lipinski definition) is 4. The minimum absolute atomic E-state index is 0.412. The number of nitrogens with two attached hydrogens (primary N) is 1. The zero-order valence-corrected chi connectivity index (χ0v) is 12.8. The molecule has 5 heteroatoms. The number of nitrogens with zero attached hydrogens (tertiary/aromatic N) is 4. The average molecular weight is 285 g/mol. The van der Waals surface area contributed by atoms with Crippen molar-refractivity contribution in [1.29, 1.82) is 0 Å². The summed E-state index contributed by atoms with van der Waals surface area (Å²) in [5.74, 6) is 1.64. The van der Waals surface area contributed by atoms with E-state index in [4.69, 9.17) is 5.73 Å². The molecule has 3 rings (SSSR count). The topological polar surface area (TPSA) is 69.6 Å². The quantitative estimate of drug-likeness (QED) is 0.878. The Morgan fingerprint density at radius 1 is 1.33 bits per heavy atom. The van der Waals surface area contributed by atoms with Gasteiger partial charge < -0.3 is 5.73 Å². The molecule has 5 nitrogen and oxygen atoms in total. The van der Waals surface area contributed by atoms with Crippen molar-refractivity contribution >= 4 is 5.69 Å². The summed E-state index contributed by atoms with van der Waals surface area (Å²) in [7, 11) is 0. The molecule has 1 aliphatic carbocycles. The lowest BCUT2D eigenvalue weighted by atomic mass is 9.84. The number of rotatable bonds is 3. The summed E-state index contributed by atoms with van der Waals surface area (Å²) in [6.45, 7) is 4.35. The summed E-state index contributed by atoms with van der Waals surface area (Å²) in [6, 6.07) is 6.33. The van der Waals surface area contributed by atoms with Crippen molar-refractivity contribution in [2.24, 2.45) is 5.92 Å². The lowest BCUT2D eigenvalue weighted by Crippen LogP contribution is -2.21. The zero-order chi connectivity index (χ0) is 14.8. The Kier molecular flexibility index (Phi) is 3.90. The van der Waals surface area contributed by atoms with E-state index in [1.165, 1.54) is 25.7 Å². The molecule has 1 aromatic heterocycles. The molecule has 0 saturated heterocycles. The van der Waals surface area contributed by atoms with E-state index in [0.29, 0.717) is 6.04 Å². The highest BCUT2D eigenvalue weighted by Gasteiger charge is 2.26. The van der Waals surface area contributed by atoms with E-state index in [2.05, 4.69) is 29.4 Å². The van der Waals surface area contributed by atoms with Crippen molar-refractivity contribution in [1.82, 2.24) is 20.2 Å². The van der Waals surface area contributed by atoms with Gasteiger partial charge in [-0.05, 0) is 53.8 Å². The Labute approximate surface area is 125 Å². The van der Waals surface area contributed by atoms with Crippen molar-refractivity contribution in [3.63, 3.8) is 0 Å². The second kappa shape index (κ2) is 5.84. The molecule has 1 heterocycles. The third-order valence-corrected chi connectivity index (χ3v) is 4.67.